The lowest BCUT2D eigenvalue weighted by Crippen LogP contribution is -2.45. The summed E-state index contributed by atoms with van der Waals surface area (Å²) in [5.41, 5.74) is 6.16. The Morgan fingerprint density at radius 2 is 1.97 bits per heavy atom. The molecule has 30 heavy (non-hydrogen) atoms. The zero-order chi connectivity index (χ0) is 21.9. The topological polar surface area (TPSA) is 56.1 Å². The Balaban J connectivity index is 1.92. The molecule has 0 aromatic heterocycles. The van der Waals surface area contributed by atoms with E-state index in [2.05, 4.69) is 56.1 Å². The number of anilines is 2. The van der Waals surface area contributed by atoms with E-state index in [0.717, 1.165) is 29.7 Å². The van der Waals surface area contributed by atoms with Gasteiger partial charge in [0.15, 0.2) is 0 Å². The summed E-state index contributed by atoms with van der Waals surface area (Å²) in [7, 11) is 0. The van der Waals surface area contributed by atoms with Crippen molar-refractivity contribution in [3.63, 3.8) is 0 Å². The Kier molecular flexibility index (Phi) is 6.12. The van der Waals surface area contributed by atoms with Crippen LogP contribution in [0, 0.1) is 18.3 Å². The number of rotatable bonds is 5. The van der Waals surface area contributed by atoms with E-state index in [1.165, 1.54) is 11.3 Å². The molecular formula is C26H29N3O. The van der Waals surface area contributed by atoms with E-state index in [4.69, 9.17) is 0 Å². The van der Waals surface area contributed by atoms with Crippen molar-refractivity contribution >= 4 is 28.9 Å². The maximum Gasteiger partial charge on any atom is 0.266 e. The summed E-state index contributed by atoms with van der Waals surface area (Å²) >= 11 is 0. The normalized spacial score (nSPS) is 15.1. The second kappa shape index (κ2) is 8.59. The predicted octanol–water partition coefficient (Wildman–Crippen LogP) is 5.95. The molecule has 1 aliphatic rings. The van der Waals surface area contributed by atoms with Gasteiger partial charge in [-0.2, -0.15) is 5.26 Å². The number of hydrogen-bond donors (Lipinski definition) is 1. The number of allylic oxidation sites excluding steroid dienone is 1. The van der Waals surface area contributed by atoms with Gasteiger partial charge in [-0.05, 0) is 81.2 Å². The van der Waals surface area contributed by atoms with Crippen LogP contribution >= 0.6 is 0 Å². The first-order valence-electron chi connectivity index (χ1n) is 10.4. The zero-order valence-corrected chi connectivity index (χ0v) is 18.4. The first-order chi connectivity index (χ1) is 14.2. The summed E-state index contributed by atoms with van der Waals surface area (Å²) in [5, 5.41) is 12.4. The monoisotopic (exact) mass is 399 g/mol. The molecule has 2 aromatic carbocycles. The van der Waals surface area contributed by atoms with Gasteiger partial charge in [0.2, 0.25) is 0 Å². The maximum atomic E-state index is 12.6. The van der Waals surface area contributed by atoms with Gasteiger partial charge >= 0.3 is 0 Å². The van der Waals surface area contributed by atoms with E-state index in [1.807, 2.05) is 43.3 Å². The van der Waals surface area contributed by atoms with Crippen LogP contribution in [0.5, 0.6) is 0 Å². The van der Waals surface area contributed by atoms with Gasteiger partial charge in [0.25, 0.3) is 5.91 Å². The number of benzene rings is 2. The Morgan fingerprint density at radius 3 is 2.63 bits per heavy atom. The summed E-state index contributed by atoms with van der Waals surface area (Å²) in [6.45, 7) is 11.7. The van der Waals surface area contributed by atoms with E-state index >= 15 is 0 Å². The van der Waals surface area contributed by atoms with Gasteiger partial charge in [-0.1, -0.05) is 31.2 Å². The first kappa shape index (κ1) is 21.4. The van der Waals surface area contributed by atoms with Crippen LogP contribution in [0.3, 0.4) is 0 Å². The number of aryl methyl sites for hydroxylation is 1. The van der Waals surface area contributed by atoms with Gasteiger partial charge in [0.05, 0.1) is 5.54 Å². The van der Waals surface area contributed by atoms with Crippen LogP contribution in [0.15, 0.2) is 54.1 Å². The molecule has 0 unspecified atom stereocenters. The zero-order valence-electron chi connectivity index (χ0n) is 18.4. The van der Waals surface area contributed by atoms with E-state index in [9.17, 15) is 10.1 Å². The van der Waals surface area contributed by atoms with Crippen LogP contribution in [0.2, 0.25) is 0 Å². The molecular weight excluding hydrogens is 370 g/mol. The van der Waals surface area contributed by atoms with Crippen molar-refractivity contribution in [1.29, 1.82) is 5.26 Å². The molecule has 154 valence electrons. The Bertz CT molecular complexity index is 1070. The molecule has 4 heteroatoms. The Labute approximate surface area is 179 Å². The highest BCUT2D eigenvalue weighted by molar-refractivity contribution is 6.09. The van der Waals surface area contributed by atoms with Crippen molar-refractivity contribution in [2.45, 2.75) is 46.6 Å². The molecule has 0 aliphatic carbocycles. The third kappa shape index (κ3) is 4.46. The lowest BCUT2D eigenvalue weighted by atomic mass is 9.87. The van der Waals surface area contributed by atoms with Crippen molar-refractivity contribution in [2.75, 3.05) is 16.8 Å². The molecule has 0 atom stereocenters. The van der Waals surface area contributed by atoms with Crippen LogP contribution in [-0.4, -0.2) is 18.0 Å². The standard InChI is InChI=1S/C26H29N3O/c1-6-12-29-24-11-10-20(15-23(24)19(3)16-26(29,4)5)14-21(17-27)25(30)28-22-9-7-8-18(2)13-22/h7-11,13-16H,6,12H2,1-5H3,(H,28,30)/b21-14+. The molecule has 1 aliphatic heterocycles. The average molecular weight is 400 g/mol. The second-order valence-corrected chi connectivity index (χ2v) is 8.40. The van der Waals surface area contributed by atoms with E-state index in [1.54, 1.807) is 6.08 Å². The third-order valence-electron chi connectivity index (χ3n) is 5.40. The highest BCUT2D eigenvalue weighted by Gasteiger charge is 2.30. The number of fused-ring (bicyclic) bond motifs is 1. The van der Waals surface area contributed by atoms with Gasteiger partial charge in [0.1, 0.15) is 11.6 Å². The first-order valence-corrected chi connectivity index (χ1v) is 10.4. The number of amides is 1. The van der Waals surface area contributed by atoms with Crippen LogP contribution in [-0.2, 0) is 4.79 Å². The van der Waals surface area contributed by atoms with Gasteiger partial charge in [0, 0.05) is 23.5 Å². The molecule has 4 nitrogen and oxygen atoms in total. The summed E-state index contributed by atoms with van der Waals surface area (Å²) in [6.07, 6.45) is 5.01. The van der Waals surface area contributed by atoms with Crippen molar-refractivity contribution in [3.8, 4) is 6.07 Å². The molecule has 2 aromatic rings. The van der Waals surface area contributed by atoms with E-state index < -0.39 is 5.91 Å². The fourth-order valence-electron chi connectivity index (χ4n) is 4.06. The molecule has 0 saturated heterocycles. The number of hydrogen-bond acceptors (Lipinski definition) is 3. The minimum Gasteiger partial charge on any atom is -0.362 e. The highest BCUT2D eigenvalue weighted by Crippen LogP contribution is 2.39. The molecule has 1 amide bonds. The number of carbonyl (C=O) groups is 1. The van der Waals surface area contributed by atoms with Gasteiger partial charge < -0.3 is 10.2 Å². The molecule has 0 radical (unpaired) electrons. The molecule has 0 saturated carbocycles. The lowest BCUT2D eigenvalue weighted by Gasteiger charge is -2.43. The fourth-order valence-corrected chi connectivity index (χ4v) is 4.06. The number of nitriles is 1. The minimum atomic E-state index is -0.401. The van der Waals surface area contributed by atoms with Crippen LogP contribution in [0.1, 0.15) is 50.8 Å². The van der Waals surface area contributed by atoms with Gasteiger partial charge in [-0.3, -0.25) is 4.79 Å². The fraction of sp³-hybridized carbons (Fsp3) is 0.308. The SMILES string of the molecule is CCCN1c2ccc(/C=C(\C#N)C(=O)Nc3cccc(C)c3)cc2C(C)=CC1(C)C. The van der Waals surface area contributed by atoms with E-state index in [-0.39, 0.29) is 11.1 Å². The number of nitrogens with zero attached hydrogens (tertiary/aromatic N) is 2. The summed E-state index contributed by atoms with van der Waals surface area (Å²) < 4.78 is 0. The van der Waals surface area contributed by atoms with Crippen LogP contribution in [0.4, 0.5) is 11.4 Å². The molecule has 1 heterocycles. The largest absolute Gasteiger partial charge is 0.362 e. The lowest BCUT2D eigenvalue weighted by molar-refractivity contribution is -0.112. The van der Waals surface area contributed by atoms with Gasteiger partial charge in [-0.25, -0.2) is 0 Å². The molecule has 1 N–H and O–H groups in total. The quantitative estimate of drug-likeness (QED) is 0.499. The summed E-state index contributed by atoms with van der Waals surface area (Å²) in [5.74, 6) is -0.401. The number of nitrogens with one attached hydrogen (secondary N) is 1. The molecule has 0 bridgehead atoms. The molecule has 0 fully saturated rings. The second-order valence-electron chi connectivity index (χ2n) is 8.40. The van der Waals surface area contributed by atoms with Crippen LogP contribution < -0.4 is 10.2 Å². The van der Waals surface area contributed by atoms with Gasteiger partial charge in [-0.15, -0.1) is 0 Å². The van der Waals surface area contributed by atoms with E-state index in [0.29, 0.717) is 5.69 Å². The van der Waals surface area contributed by atoms with Crippen LogP contribution in [0.25, 0.3) is 11.6 Å². The molecule has 3 rings (SSSR count). The summed E-state index contributed by atoms with van der Waals surface area (Å²) in [6, 6.07) is 15.7. The van der Waals surface area contributed by atoms with Crippen molar-refractivity contribution in [1.82, 2.24) is 0 Å². The molecule has 0 spiro atoms. The average Bonchev–Trinajstić information content (AvgIpc) is 2.69. The highest BCUT2D eigenvalue weighted by atomic mass is 16.1. The Morgan fingerprint density at radius 1 is 1.20 bits per heavy atom. The predicted molar refractivity (Wildman–Crippen MR) is 125 cm³/mol. The third-order valence-corrected chi connectivity index (χ3v) is 5.40. The minimum absolute atomic E-state index is 0.0457. The van der Waals surface area contributed by atoms with Crippen molar-refractivity contribution in [2.24, 2.45) is 0 Å². The summed E-state index contributed by atoms with van der Waals surface area (Å²) in [4.78, 5) is 15.0. The number of carbonyl (C=O) groups excluding carboxylic acids is 1. The van der Waals surface area contributed by atoms with Crippen molar-refractivity contribution < 1.29 is 4.79 Å². The van der Waals surface area contributed by atoms with Crippen molar-refractivity contribution in [3.05, 3.63) is 70.8 Å². The Hall–Kier alpha value is -3.32. The smallest absolute Gasteiger partial charge is 0.266 e. The maximum absolute atomic E-state index is 12.6.